The van der Waals surface area contributed by atoms with Gasteiger partial charge in [-0.3, -0.25) is 0 Å². The number of amides is 2. The molecular formula is C13H15N3O2S. The van der Waals surface area contributed by atoms with Gasteiger partial charge >= 0.3 is 6.03 Å². The van der Waals surface area contributed by atoms with E-state index in [0.29, 0.717) is 12.3 Å². The van der Waals surface area contributed by atoms with Gasteiger partial charge in [-0.05, 0) is 25.3 Å². The second kappa shape index (κ2) is 6.29. The Kier molecular flexibility index (Phi) is 4.46. The zero-order chi connectivity index (χ0) is 13.7. The fourth-order valence-electron chi connectivity index (χ4n) is 1.58. The molecule has 19 heavy (non-hydrogen) atoms. The molecule has 2 N–H and O–H groups in total. The average molecular weight is 277 g/mol. The lowest BCUT2D eigenvalue weighted by atomic mass is 10.3. The predicted octanol–water partition coefficient (Wildman–Crippen LogP) is 3.03. The van der Waals surface area contributed by atoms with Crippen LogP contribution in [-0.2, 0) is 6.54 Å². The van der Waals surface area contributed by atoms with Crippen molar-refractivity contribution in [2.45, 2.75) is 18.4 Å². The maximum Gasteiger partial charge on any atom is 0.319 e. The van der Waals surface area contributed by atoms with Crippen LogP contribution < -0.4 is 10.6 Å². The smallest absolute Gasteiger partial charge is 0.319 e. The van der Waals surface area contributed by atoms with Crippen molar-refractivity contribution in [3.63, 3.8) is 0 Å². The summed E-state index contributed by atoms with van der Waals surface area (Å²) in [5.74, 6) is 0.630. The second-order valence-electron chi connectivity index (χ2n) is 3.94. The third-order valence-corrected chi connectivity index (χ3v) is 3.25. The summed E-state index contributed by atoms with van der Waals surface area (Å²) in [6.07, 6.45) is 1.97. The molecule has 6 heteroatoms. The van der Waals surface area contributed by atoms with E-state index in [-0.39, 0.29) is 6.03 Å². The standard InChI is InChI=1S/C13H15N3O2S/c1-9-7-10(18-16-9)8-14-13(17)15-11-5-3-4-6-12(11)19-2/h3-7H,8H2,1-2H3,(H2,14,15,17). The summed E-state index contributed by atoms with van der Waals surface area (Å²) in [7, 11) is 0. The SMILES string of the molecule is CSc1ccccc1NC(=O)NCc1cc(C)no1. The Morgan fingerprint density at radius 2 is 2.21 bits per heavy atom. The normalized spacial score (nSPS) is 10.2. The van der Waals surface area contributed by atoms with E-state index in [1.807, 2.05) is 37.4 Å². The molecule has 0 saturated heterocycles. The van der Waals surface area contributed by atoms with E-state index in [1.54, 1.807) is 17.8 Å². The maximum atomic E-state index is 11.8. The van der Waals surface area contributed by atoms with Crippen molar-refractivity contribution in [3.8, 4) is 0 Å². The van der Waals surface area contributed by atoms with Crippen molar-refractivity contribution in [3.05, 3.63) is 41.8 Å². The van der Waals surface area contributed by atoms with Crippen molar-refractivity contribution >= 4 is 23.5 Å². The molecule has 0 radical (unpaired) electrons. The number of rotatable bonds is 4. The summed E-state index contributed by atoms with van der Waals surface area (Å²) in [4.78, 5) is 12.8. The van der Waals surface area contributed by atoms with Crippen LogP contribution in [0.1, 0.15) is 11.5 Å². The highest BCUT2D eigenvalue weighted by Gasteiger charge is 2.07. The first-order valence-electron chi connectivity index (χ1n) is 5.79. The van der Waals surface area contributed by atoms with E-state index in [0.717, 1.165) is 16.3 Å². The molecule has 2 aromatic rings. The molecule has 100 valence electrons. The lowest BCUT2D eigenvalue weighted by Crippen LogP contribution is -2.28. The van der Waals surface area contributed by atoms with E-state index in [2.05, 4.69) is 15.8 Å². The molecule has 0 fully saturated rings. The molecule has 1 aromatic heterocycles. The van der Waals surface area contributed by atoms with Gasteiger partial charge in [0.1, 0.15) is 0 Å². The van der Waals surface area contributed by atoms with E-state index in [1.165, 1.54) is 0 Å². The van der Waals surface area contributed by atoms with Crippen LogP contribution in [0.25, 0.3) is 0 Å². The van der Waals surface area contributed by atoms with Gasteiger partial charge in [-0.1, -0.05) is 17.3 Å². The van der Waals surface area contributed by atoms with Crippen LogP contribution in [0.5, 0.6) is 0 Å². The molecule has 5 nitrogen and oxygen atoms in total. The molecule has 1 aromatic carbocycles. The Bertz CT molecular complexity index is 569. The fourth-order valence-corrected chi connectivity index (χ4v) is 2.14. The van der Waals surface area contributed by atoms with Crippen LogP contribution in [0.15, 0.2) is 39.8 Å². The number of aryl methyl sites for hydroxylation is 1. The van der Waals surface area contributed by atoms with Crippen LogP contribution in [0, 0.1) is 6.92 Å². The molecule has 0 spiro atoms. The molecule has 0 saturated carbocycles. The Balaban J connectivity index is 1.90. The van der Waals surface area contributed by atoms with Crippen LogP contribution in [0.3, 0.4) is 0 Å². The van der Waals surface area contributed by atoms with Crippen molar-refractivity contribution < 1.29 is 9.32 Å². The first-order valence-corrected chi connectivity index (χ1v) is 7.01. The number of hydrogen-bond donors (Lipinski definition) is 2. The van der Waals surface area contributed by atoms with Gasteiger partial charge in [0.2, 0.25) is 0 Å². The monoisotopic (exact) mass is 277 g/mol. The minimum atomic E-state index is -0.268. The Morgan fingerprint density at radius 1 is 1.42 bits per heavy atom. The number of benzene rings is 1. The van der Waals surface area contributed by atoms with Gasteiger partial charge in [0.25, 0.3) is 0 Å². The van der Waals surface area contributed by atoms with E-state index >= 15 is 0 Å². The van der Waals surface area contributed by atoms with Crippen molar-refractivity contribution in [1.82, 2.24) is 10.5 Å². The van der Waals surface area contributed by atoms with Gasteiger partial charge in [0.05, 0.1) is 17.9 Å². The zero-order valence-electron chi connectivity index (χ0n) is 10.8. The summed E-state index contributed by atoms with van der Waals surface area (Å²) in [5, 5.41) is 9.28. The van der Waals surface area contributed by atoms with Gasteiger partial charge in [0, 0.05) is 11.0 Å². The zero-order valence-corrected chi connectivity index (χ0v) is 11.6. The molecule has 0 unspecified atom stereocenters. The first kappa shape index (κ1) is 13.5. The van der Waals surface area contributed by atoms with Crippen LogP contribution in [0.2, 0.25) is 0 Å². The average Bonchev–Trinajstić information content (AvgIpc) is 2.83. The molecular weight excluding hydrogens is 262 g/mol. The van der Waals surface area contributed by atoms with Gasteiger partial charge in [0.15, 0.2) is 5.76 Å². The van der Waals surface area contributed by atoms with Crippen LogP contribution in [-0.4, -0.2) is 17.4 Å². The van der Waals surface area contributed by atoms with Crippen LogP contribution >= 0.6 is 11.8 Å². The Labute approximate surface area is 115 Å². The molecule has 0 bridgehead atoms. The number of nitrogens with one attached hydrogen (secondary N) is 2. The highest BCUT2D eigenvalue weighted by Crippen LogP contribution is 2.24. The molecule has 0 aliphatic rings. The summed E-state index contributed by atoms with van der Waals surface area (Å²) >= 11 is 1.58. The molecule has 0 aliphatic heterocycles. The highest BCUT2D eigenvalue weighted by molar-refractivity contribution is 7.98. The third-order valence-electron chi connectivity index (χ3n) is 2.46. The maximum absolute atomic E-state index is 11.8. The van der Waals surface area contributed by atoms with Crippen LogP contribution in [0.4, 0.5) is 10.5 Å². The molecule has 1 heterocycles. The second-order valence-corrected chi connectivity index (χ2v) is 4.79. The number of carbonyl (C=O) groups excluding carboxylic acids is 1. The highest BCUT2D eigenvalue weighted by atomic mass is 32.2. The van der Waals surface area contributed by atoms with Crippen molar-refractivity contribution in [2.75, 3.05) is 11.6 Å². The molecule has 0 aliphatic carbocycles. The molecule has 2 rings (SSSR count). The molecule has 0 atom stereocenters. The lowest BCUT2D eigenvalue weighted by molar-refractivity contribution is 0.250. The number of para-hydroxylation sites is 1. The lowest BCUT2D eigenvalue weighted by Gasteiger charge is -2.09. The topological polar surface area (TPSA) is 67.2 Å². The number of hydrogen-bond acceptors (Lipinski definition) is 4. The predicted molar refractivity (Wildman–Crippen MR) is 75.3 cm³/mol. The number of thioether (sulfide) groups is 1. The van der Waals surface area contributed by atoms with E-state index < -0.39 is 0 Å². The van der Waals surface area contributed by atoms with Gasteiger partial charge in [-0.15, -0.1) is 11.8 Å². The molecule has 2 amide bonds. The number of anilines is 1. The van der Waals surface area contributed by atoms with Gasteiger partial charge in [-0.2, -0.15) is 0 Å². The van der Waals surface area contributed by atoms with Crippen molar-refractivity contribution in [1.29, 1.82) is 0 Å². The number of nitrogens with zero attached hydrogens (tertiary/aromatic N) is 1. The van der Waals surface area contributed by atoms with E-state index in [4.69, 9.17) is 4.52 Å². The summed E-state index contributed by atoms with van der Waals surface area (Å²) < 4.78 is 5.01. The summed E-state index contributed by atoms with van der Waals surface area (Å²) in [6, 6.07) is 9.16. The quantitative estimate of drug-likeness (QED) is 0.843. The fraction of sp³-hybridized carbons (Fsp3) is 0.231. The minimum absolute atomic E-state index is 0.268. The minimum Gasteiger partial charge on any atom is -0.359 e. The van der Waals surface area contributed by atoms with E-state index in [9.17, 15) is 4.79 Å². The number of aromatic nitrogens is 1. The third kappa shape index (κ3) is 3.75. The summed E-state index contributed by atoms with van der Waals surface area (Å²) in [6.45, 7) is 2.15. The number of urea groups is 1. The Morgan fingerprint density at radius 3 is 2.89 bits per heavy atom. The van der Waals surface area contributed by atoms with Gasteiger partial charge < -0.3 is 15.2 Å². The summed E-state index contributed by atoms with van der Waals surface area (Å²) in [5.41, 5.74) is 1.59. The first-order chi connectivity index (χ1) is 9.19. The van der Waals surface area contributed by atoms with Crippen molar-refractivity contribution in [2.24, 2.45) is 0 Å². The Hall–Kier alpha value is -1.95. The number of carbonyl (C=O) groups is 1. The largest absolute Gasteiger partial charge is 0.359 e. The van der Waals surface area contributed by atoms with Gasteiger partial charge in [-0.25, -0.2) is 4.79 Å².